The molecule has 0 spiro atoms. The van der Waals surface area contributed by atoms with E-state index < -0.39 is 6.09 Å². The Balaban J connectivity index is 1.86. The van der Waals surface area contributed by atoms with Crippen molar-refractivity contribution in [3.8, 4) is 11.4 Å². The van der Waals surface area contributed by atoms with Gasteiger partial charge in [0.1, 0.15) is 17.4 Å². The molecule has 27 heavy (non-hydrogen) atoms. The molecule has 0 aliphatic carbocycles. The highest BCUT2D eigenvalue weighted by Crippen LogP contribution is 2.22. The maximum Gasteiger partial charge on any atom is 0.412 e. The molecular formula is C19H17FN4O3. The highest BCUT2D eigenvalue weighted by atomic mass is 19.1. The third-order valence-corrected chi connectivity index (χ3v) is 3.75. The van der Waals surface area contributed by atoms with E-state index in [-0.39, 0.29) is 28.7 Å². The summed E-state index contributed by atoms with van der Waals surface area (Å²) in [6, 6.07) is 11.8. The number of ether oxygens (including phenoxy) is 1. The van der Waals surface area contributed by atoms with Crippen LogP contribution in [0.1, 0.15) is 22.8 Å². The number of anilines is 1. The van der Waals surface area contributed by atoms with Crippen LogP contribution in [0, 0.1) is 5.82 Å². The normalized spacial score (nSPS) is 10.4. The number of rotatable bonds is 5. The third kappa shape index (κ3) is 3.95. The van der Waals surface area contributed by atoms with Crippen molar-refractivity contribution < 1.29 is 18.7 Å². The van der Waals surface area contributed by atoms with Crippen LogP contribution in [0.3, 0.4) is 0 Å². The average Bonchev–Trinajstić information content (AvgIpc) is 3.03. The summed E-state index contributed by atoms with van der Waals surface area (Å²) in [6.07, 6.45) is 0.740. The first-order valence-corrected chi connectivity index (χ1v) is 8.19. The predicted molar refractivity (Wildman–Crippen MR) is 97.5 cm³/mol. The Hall–Kier alpha value is -3.68. The van der Waals surface area contributed by atoms with Crippen molar-refractivity contribution in [3.05, 3.63) is 71.7 Å². The number of nitrogen functional groups attached to an aromatic ring is 1. The van der Waals surface area contributed by atoms with E-state index in [1.165, 1.54) is 41.2 Å². The fourth-order valence-electron chi connectivity index (χ4n) is 2.46. The molecule has 0 aliphatic heterocycles. The molecule has 0 saturated carbocycles. The molecule has 0 unspecified atom stereocenters. The van der Waals surface area contributed by atoms with Crippen molar-refractivity contribution in [1.82, 2.24) is 15.1 Å². The SMILES string of the molecule is CCNC(=O)Oc1cccc(C(=O)c2cnn(-c3ccc(F)cc3)c2N)c1. The highest BCUT2D eigenvalue weighted by Gasteiger charge is 2.18. The van der Waals surface area contributed by atoms with Gasteiger partial charge in [0.25, 0.3) is 0 Å². The Morgan fingerprint density at radius 1 is 1.22 bits per heavy atom. The number of hydrogen-bond acceptors (Lipinski definition) is 5. The van der Waals surface area contributed by atoms with Crippen LogP contribution in [0.5, 0.6) is 5.75 Å². The molecule has 0 saturated heterocycles. The summed E-state index contributed by atoms with van der Waals surface area (Å²) in [5.74, 6) is -0.398. The topological polar surface area (TPSA) is 99.2 Å². The van der Waals surface area contributed by atoms with Gasteiger partial charge in [0, 0.05) is 12.1 Å². The predicted octanol–water partition coefficient (Wildman–Crippen LogP) is 2.93. The van der Waals surface area contributed by atoms with Gasteiger partial charge in [-0.1, -0.05) is 12.1 Å². The zero-order valence-corrected chi connectivity index (χ0v) is 14.5. The van der Waals surface area contributed by atoms with Crippen molar-refractivity contribution >= 4 is 17.7 Å². The number of aromatic nitrogens is 2. The standard InChI is InChI=1S/C19H17FN4O3/c1-2-22-19(26)27-15-5-3-4-12(10-15)17(25)16-11-23-24(18(16)21)14-8-6-13(20)7-9-14/h3-11H,2,21H2,1H3,(H,22,26). The number of amides is 1. The van der Waals surface area contributed by atoms with Crippen LogP contribution in [-0.2, 0) is 0 Å². The van der Waals surface area contributed by atoms with Crippen LogP contribution >= 0.6 is 0 Å². The Bertz CT molecular complexity index is 983. The van der Waals surface area contributed by atoms with Gasteiger partial charge in [-0.25, -0.2) is 13.9 Å². The summed E-state index contributed by atoms with van der Waals surface area (Å²) in [5, 5.41) is 6.61. The summed E-state index contributed by atoms with van der Waals surface area (Å²) in [7, 11) is 0. The van der Waals surface area contributed by atoms with Gasteiger partial charge in [0.05, 0.1) is 17.4 Å². The maximum absolute atomic E-state index is 13.1. The number of nitrogens with zero attached hydrogens (tertiary/aromatic N) is 2. The van der Waals surface area contributed by atoms with Gasteiger partial charge in [0.2, 0.25) is 0 Å². The molecule has 0 fully saturated rings. The minimum Gasteiger partial charge on any atom is -0.410 e. The van der Waals surface area contributed by atoms with Gasteiger partial charge < -0.3 is 15.8 Å². The van der Waals surface area contributed by atoms with Crippen LogP contribution in [0.25, 0.3) is 5.69 Å². The van der Waals surface area contributed by atoms with Gasteiger partial charge in [-0.2, -0.15) is 5.10 Å². The van der Waals surface area contributed by atoms with Crippen LogP contribution in [0.15, 0.2) is 54.7 Å². The molecule has 1 heterocycles. The quantitative estimate of drug-likeness (QED) is 0.675. The van der Waals surface area contributed by atoms with E-state index in [9.17, 15) is 14.0 Å². The summed E-state index contributed by atoms with van der Waals surface area (Å²) >= 11 is 0. The number of nitrogens with two attached hydrogens (primary N) is 1. The van der Waals surface area contributed by atoms with Gasteiger partial charge in [0.15, 0.2) is 5.78 Å². The van der Waals surface area contributed by atoms with E-state index >= 15 is 0 Å². The summed E-state index contributed by atoms with van der Waals surface area (Å²) < 4.78 is 19.5. The molecule has 0 aliphatic rings. The van der Waals surface area contributed by atoms with E-state index in [4.69, 9.17) is 10.5 Å². The smallest absolute Gasteiger partial charge is 0.410 e. The zero-order chi connectivity index (χ0) is 19.4. The van der Waals surface area contributed by atoms with E-state index in [1.807, 2.05) is 0 Å². The number of ketones is 1. The van der Waals surface area contributed by atoms with Gasteiger partial charge in [-0.3, -0.25) is 4.79 Å². The zero-order valence-electron chi connectivity index (χ0n) is 14.5. The molecule has 0 bridgehead atoms. The second-order valence-corrected chi connectivity index (χ2v) is 5.61. The molecule has 2 aromatic carbocycles. The Morgan fingerprint density at radius 2 is 1.96 bits per heavy atom. The van der Waals surface area contributed by atoms with Gasteiger partial charge >= 0.3 is 6.09 Å². The molecule has 0 radical (unpaired) electrons. The van der Waals surface area contributed by atoms with Crippen molar-refractivity contribution in [2.45, 2.75) is 6.92 Å². The molecule has 1 aromatic heterocycles. The summed E-state index contributed by atoms with van der Waals surface area (Å²) in [4.78, 5) is 24.3. The lowest BCUT2D eigenvalue weighted by Crippen LogP contribution is -2.26. The van der Waals surface area contributed by atoms with E-state index in [0.29, 0.717) is 17.8 Å². The second kappa shape index (κ2) is 7.69. The molecule has 3 N–H and O–H groups in total. The Labute approximate surface area is 154 Å². The number of carbonyl (C=O) groups excluding carboxylic acids is 2. The number of halogens is 1. The van der Waals surface area contributed by atoms with E-state index in [2.05, 4.69) is 10.4 Å². The van der Waals surface area contributed by atoms with Crippen LogP contribution in [-0.4, -0.2) is 28.2 Å². The molecule has 138 valence electrons. The van der Waals surface area contributed by atoms with Crippen molar-refractivity contribution in [3.63, 3.8) is 0 Å². The van der Waals surface area contributed by atoms with Gasteiger partial charge in [-0.15, -0.1) is 0 Å². The third-order valence-electron chi connectivity index (χ3n) is 3.75. The second-order valence-electron chi connectivity index (χ2n) is 5.61. The molecule has 3 rings (SSSR count). The first-order chi connectivity index (χ1) is 13.0. The van der Waals surface area contributed by atoms with Crippen molar-refractivity contribution in [2.24, 2.45) is 0 Å². The molecular weight excluding hydrogens is 351 g/mol. The largest absolute Gasteiger partial charge is 0.412 e. The lowest BCUT2D eigenvalue weighted by atomic mass is 10.1. The Morgan fingerprint density at radius 3 is 2.67 bits per heavy atom. The first kappa shape index (κ1) is 18.1. The molecule has 8 heteroatoms. The highest BCUT2D eigenvalue weighted by molar-refractivity contribution is 6.11. The van der Waals surface area contributed by atoms with Crippen LogP contribution in [0.4, 0.5) is 15.0 Å². The first-order valence-electron chi connectivity index (χ1n) is 8.19. The fourth-order valence-corrected chi connectivity index (χ4v) is 2.46. The minimum atomic E-state index is -0.606. The van der Waals surface area contributed by atoms with Gasteiger partial charge in [-0.05, 0) is 43.3 Å². The van der Waals surface area contributed by atoms with E-state index in [1.54, 1.807) is 25.1 Å². The fraction of sp³-hybridized carbons (Fsp3) is 0.105. The van der Waals surface area contributed by atoms with Crippen molar-refractivity contribution in [1.29, 1.82) is 0 Å². The monoisotopic (exact) mass is 368 g/mol. The Kier molecular flexibility index (Phi) is 5.16. The van der Waals surface area contributed by atoms with Crippen LogP contribution in [0.2, 0.25) is 0 Å². The maximum atomic E-state index is 13.1. The lowest BCUT2D eigenvalue weighted by Gasteiger charge is -2.07. The lowest BCUT2D eigenvalue weighted by molar-refractivity contribution is 0.103. The van der Waals surface area contributed by atoms with Crippen molar-refractivity contribution in [2.75, 3.05) is 12.3 Å². The molecule has 7 nitrogen and oxygen atoms in total. The number of hydrogen-bond donors (Lipinski definition) is 2. The molecule has 0 atom stereocenters. The number of benzene rings is 2. The van der Waals surface area contributed by atoms with E-state index in [0.717, 1.165) is 0 Å². The number of carbonyl (C=O) groups is 2. The minimum absolute atomic E-state index is 0.127. The summed E-state index contributed by atoms with van der Waals surface area (Å²) in [5.41, 5.74) is 7.07. The number of nitrogens with one attached hydrogen (secondary N) is 1. The average molecular weight is 368 g/mol. The van der Waals surface area contributed by atoms with Crippen LogP contribution < -0.4 is 15.8 Å². The molecule has 3 aromatic rings. The molecule has 1 amide bonds. The summed E-state index contributed by atoms with van der Waals surface area (Å²) in [6.45, 7) is 2.19.